The van der Waals surface area contributed by atoms with Crippen LogP contribution in [0.25, 0.3) is 10.9 Å². The van der Waals surface area contributed by atoms with Gasteiger partial charge >= 0.3 is 0 Å². The van der Waals surface area contributed by atoms with Crippen molar-refractivity contribution in [2.45, 2.75) is 144 Å². The Morgan fingerprint density at radius 3 is 1.62 bits per heavy atom. The van der Waals surface area contributed by atoms with E-state index in [4.69, 9.17) is 22.9 Å². The molecule has 8 rings (SSSR count). The van der Waals surface area contributed by atoms with Gasteiger partial charge in [-0.25, -0.2) is 4.98 Å². The molecule has 0 unspecified atom stereocenters. The van der Waals surface area contributed by atoms with E-state index in [1.165, 1.54) is 22.3 Å². The molecule has 9 atom stereocenters. The molecule has 10 amide bonds. The Balaban J connectivity index is 1.21. The first-order chi connectivity index (χ1) is 42.5. The second kappa shape index (κ2) is 31.1. The molecule has 3 aliphatic heterocycles. The lowest BCUT2D eigenvalue weighted by molar-refractivity contribution is -0.148. The van der Waals surface area contributed by atoms with Crippen LogP contribution in [0.15, 0.2) is 109 Å². The molecule has 17 N–H and O–H groups in total. The van der Waals surface area contributed by atoms with E-state index in [1.807, 2.05) is 6.07 Å². The predicted octanol–water partition coefficient (Wildman–Crippen LogP) is -1.39. The number of amides is 10. The molecule has 0 bridgehead atoms. The number of aromatic amines is 2. The van der Waals surface area contributed by atoms with Crippen molar-refractivity contribution in [1.29, 1.82) is 0 Å². The van der Waals surface area contributed by atoms with Gasteiger partial charge < -0.3 is 79.9 Å². The molecular formula is C61H79N17O10. The summed E-state index contributed by atoms with van der Waals surface area (Å²) in [6.07, 6.45) is 5.30. The molecule has 27 heteroatoms. The zero-order valence-electron chi connectivity index (χ0n) is 48.9. The number of nitrogens with zero attached hydrogens (tertiary/aromatic N) is 4. The minimum atomic E-state index is -1.73. The standard InChI is InChI=1S/C61H79N17O10/c62-24-10-9-20-42-53(81)76-48(29-37-16-5-2-6-17-37)59(87)78-27-13-23-50(78)60(88)77-26-12-22-49(77)58(86)75-46(31-39-34-66-35-69-39)56(84)72-44(28-36-14-3-1-4-15-36)54(82)71-43(21-11-25-67-61(64)65)52(80)73-45(30-38-33-68-41-19-8-7-18-40(38)41)55(83)74-47(32-51(63)79)57(85)70-42/h1-8,14-19,33-35,42-50,68H,9-13,20-32,62H2,(H2,63,79)(H,66,69)(H,70,85)(H,71,82)(H,72,84)(H,73,80)(H,74,83)(H,75,86)(H,76,81)(H4,64,65,67)/t42-,43-,44+,45-,46-,47-,48-,49-,50+/m0/s1. The summed E-state index contributed by atoms with van der Waals surface area (Å²) in [5.41, 5.74) is 25.9. The number of aliphatic imine (C=N–C) groups is 1. The van der Waals surface area contributed by atoms with Crippen LogP contribution in [0, 0.1) is 0 Å². The van der Waals surface area contributed by atoms with Crippen molar-refractivity contribution in [1.82, 2.24) is 62.0 Å². The van der Waals surface area contributed by atoms with Crippen LogP contribution in [0.4, 0.5) is 0 Å². The summed E-state index contributed by atoms with van der Waals surface area (Å²) in [4.78, 5) is 164. The van der Waals surface area contributed by atoms with Crippen LogP contribution in [0.1, 0.15) is 86.6 Å². The molecule has 3 fully saturated rings. The molecule has 3 aromatic carbocycles. The third kappa shape index (κ3) is 17.5. The topological polar surface area (TPSA) is 422 Å². The third-order valence-corrected chi connectivity index (χ3v) is 16.0. The molecule has 0 aliphatic carbocycles. The van der Waals surface area contributed by atoms with Crippen LogP contribution >= 0.6 is 0 Å². The Morgan fingerprint density at radius 2 is 1.02 bits per heavy atom. The average Bonchev–Trinajstić information content (AvgIpc) is 4.24. The highest BCUT2D eigenvalue weighted by Gasteiger charge is 2.45. The third-order valence-electron chi connectivity index (χ3n) is 16.0. The normalized spacial score (nSPS) is 24.0. The minimum absolute atomic E-state index is 0.00684. The summed E-state index contributed by atoms with van der Waals surface area (Å²) in [5.74, 6) is -8.27. The molecule has 27 nitrogen and oxygen atoms in total. The van der Waals surface area contributed by atoms with Crippen molar-refractivity contribution in [3.8, 4) is 0 Å². The molecule has 3 saturated heterocycles. The van der Waals surface area contributed by atoms with Gasteiger partial charge in [0, 0.05) is 74.3 Å². The maximum Gasteiger partial charge on any atom is 0.246 e. The molecule has 2 aromatic heterocycles. The maximum atomic E-state index is 15.1. The van der Waals surface area contributed by atoms with E-state index in [-0.39, 0.29) is 89.9 Å². The molecule has 5 aromatic rings. The number of nitrogens with one attached hydrogen (secondary N) is 9. The van der Waals surface area contributed by atoms with Gasteiger partial charge in [-0.05, 0) is 87.1 Å². The number of unbranched alkanes of at least 4 members (excludes halogenated alkanes) is 1. The zero-order chi connectivity index (χ0) is 62.7. The number of carbonyl (C=O) groups is 10. The fraction of sp³-hybridized carbons (Fsp3) is 0.443. The number of para-hydroxylation sites is 1. The predicted molar refractivity (Wildman–Crippen MR) is 324 cm³/mol. The van der Waals surface area contributed by atoms with Crippen molar-refractivity contribution in [3.05, 3.63) is 126 Å². The fourth-order valence-corrected chi connectivity index (χ4v) is 11.5. The van der Waals surface area contributed by atoms with E-state index in [0.29, 0.717) is 59.0 Å². The van der Waals surface area contributed by atoms with Crippen LogP contribution < -0.4 is 60.2 Å². The van der Waals surface area contributed by atoms with Gasteiger partial charge in [0.25, 0.3) is 0 Å². The van der Waals surface area contributed by atoms with Gasteiger partial charge in [0.05, 0.1) is 12.7 Å². The van der Waals surface area contributed by atoms with E-state index in [1.54, 1.807) is 85.1 Å². The van der Waals surface area contributed by atoms with E-state index in [9.17, 15) is 43.2 Å². The molecule has 468 valence electrons. The molecule has 0 saturated carbocycles. The van der Waals surface area contributed by atoms with Crippen molar-refractivity contribution < 1.29 is 47.9 Å². The van der Waals surface area contributed by atoms with Crippen LogP contribution in [0.3, 0.4) is 0 Å². The highest BCUT2D eigenvalue weighted by Crippen LogP contribution is 2.27. The van der Waals surface area contributed by atoms with Crippen molar-refractivity contribution in [2.24, 2.45) is 27.9 Å². The van der Waals surface area contributed by atoms with Crippen LogP contribution in [0.2, 0.25) is 0 Å². The second-order valence-corrected chi connectivity index (χ2v) is 22.4. The number of guanidine groups is 1. The van der Waals surface area contributed by atoms with Gasteiger partial charge in [0.1, 0.15) is 54.4 Å². The number of imidazole rings is 1. The minimum Gasteiger partial charge on any atom is -0.370 e. The highest BCUT2D eigenvalue weighted by molar-refractivity contribution is 6.01. The number of primary amides is 1. The van der Waals surface area contributed by atoms with E-state index >= 15 is 4.79 Å². The number of aromatic nitrogens is 3. The number of benzene rings is 3. The summed E-state index contributed by atoms with van der Waals surface area (Å²) < 4.78 is 0. The molecule has 5 heterocycles. The monoisotopic (exact) mass is 1210 g/mol. The number of hydrogen-bond donors (Lipinski definition) is 13. The van der Waals surface area contributed by atoms with Gasteiger partial charge in [0.2, 0.25) is 59.1 Å². The lowest BCUT2D eigenvalue weighted by Gasteiger charge is -2.34. The highest BCUT2D eigenvalue weighted by atomic mass is 16.2. The van der Waals surface area contributed by atoms with Crippen LogP contribution in [-0.2, 0) is 73.6 Å². The Hall–Kier alpha value is -9.66. The molecule has 0 spiro atoms. The molecular weight excluding hydrogens is 1130 g/mol. The van der Waals surface area contributed by atoms with E-state index < -0.39 is 120 Å². The lowest BCUT2D eigenvalue weighted by Crippen LogP contribution is -2.61. The second-order valence-electron chi connectivity index (χ2n) is 22.4. The van der Waals surface area contributed by atoms with Crippen LogP contribution in [-0.4, -0.2) is 170 Å². The van der Waals surface area contributed by atoms with Gasteiger partial charge in [-0.2, -0.15) is 0 Å². The maximum absolute atomic E-state index is 15.1. The zero-order valence-corrected chi connectivity index (χ0v) is 48.9. The quantitative estimate of drug-likeness (QED) is 0.0273. The van der Waals surface area contributed by atoms with E-state index in [2.05, 4.69) is 57.2 Å². The number of carbonyl (C=O) groups excluding carboxylic acids is 10. The first-order valence-corrected chi connectivity index (χ1v) is 29.8. The number of hydrogen-bond acceptors (Lipinski definition) is 13. The summed E-state index contributed by atoms with van der Waals surface area (Å²) in [6.45, 7) is 0.544. The average molecular weight is 1210 g/mol. The van der Waals surface area contributed by atoms with Crippen LogP contribution in [0.5, 0.6) is 0 Å². The largest absolute Gasteiger partial charge is 0.370 e. The Kier molecular flexibility index (Phi) is 22.8. The Labute approximate surface area is 508 Å². The molecule has 3 aliphatic rings. The van der Waals surface area contributed by atoms with Gasteiger partial charge in [-0.15, -0.1) is 0 Å². The first kappa shape index (κ1) is 64.3. The van der Waals surface area contributed by atoms with Crippen molar-refractivity contribution >= 4 is 75.9 Å². The van der Waals surface area contributed by atoms with Gasteiger partial charge in [-0.1, -0.05) is 78.9 Å². The summed E-state index contributed by atoms with van der Waals surface area (Å²) in [6, 6.07) is 12.5. The first-order valence-electron chi connectivity index (χ1n) is 29.8. The van der Waals surface area contributed by atoms with Crippen molar-refractivity contribution in [2.75, 3.05) is 26.2 Å². The number of rotatable bonds is 18. The van der Waals surface area contributed by atoms with Gasteiger partial charge in [-0.3, -0.25) is 52.9 Å². The lowest BCUT2D eigenvalue weighted by atomic mass is 10.0. The Bertz CT molecular complexity index is 3280. The summed E-state index contributed by atoms with van der Waals surface area (Å²) >= 11 is 0. The summed E-state index contributed by atoms with van der Waals surface area (Å²) in [5, 5.41) is 20.1. The molecule has 0 radical (unpaired) electrons. The van der Waals surface area contributed by atoms with Crippen molar-refractivity contribution in [3.63, 3.8) is 0 Å². The number of H-pyrrole nitrogens is 2. The smallest absolute Gasteiger partial charge is 0.246 e. The van der Waals surface area contributed by atoms with Gasteiger partial charge in [0.15, 0.2) is 5.96 Å². The number of nitrogens with two attached hydrogens (primary N) is 4. The van der Waals surface area contributed by atoms with E-state index in [0.717, 1.165) is 0 Å². The molecule has 88 heavy (non-hydrogen) atoms. The SMILES string of the molecule is NCCCC[C@@H]1NC(=O)[C@H](CC(N)=O)NC(=O)[C@H](Cc2c[nH]c3ccccc23)NC(=O)[C@H](CCCN=C(N)N)NC(=O)[C@@H](Cc2ccccc2)NC(=O)[C@H](Cc2cnc[nH]2)NC(=O)[C@@H]2CCCN2C(=O)[C@H]2CCCN2C(=O)[C@H](Cc2ccccc2)NC1=O. The number of fused-ring (bicyclic) bond motifs is 3. The summed E-state index contributed by atoms with van der Waals surface area (Å²) in [7, 11) is 0. The fourth-order valence-electron chi connectivity index (χ4n) is 11.5. The Morgan fingerprint density at radius 1 is 0.523 bits per heavy atom.